The predicted octanol–water partition coefficient (Wildman–Crippen LogP) is 3.89. The summed E-state index contributed by atoms with van der Waals surface area (Å²) in [5, 5.41) is 23.0. The van der Waals surface area contributed by atoms with Crippen LogP contribution in [0.4, 0.5) is 0 Å². The fraction of sp³-hybridized carbons (Fsp3) is 0.357. The van der Waals surface area contributed by atoms with Crippen LogP contribution in [0.3, 0.4) is 0 Å². The second-order valence-electron chi connectivity index (χ2n) is 9.46. The number of ether oxygens (including phenoxy) is 2. The van der Waals surface area contributed by atoms with Gasteiger partial charge in [0.15, 0.2) is 6.40 Å². The zero-order chi connectivity index (χ0) is 26.3. The number of rotatable bonds is 8. The van der Waals surface area contributed by atoms with Gasteiger partial charge in [0, 0.05) is 24.0 Å². The molecule has 1 fully saturated rings. The van der Waals surface area contributed by atoms with Crippen molar-refractivity contribution in [3.05, 3.63) is 88.6 Å². The number of amides is 1. The first kappa shape index (κ1) is 26.8. The van der Waals surface area contributed by atoms with Crippen molar-refractivity contribution in [2.24, 2.45) is 10.9 Å². The van der Waals surface area contributed by atoms with E-state index in [1.54, 1.807) is 32.2 Å². The normalized spacial score (nSPS) is 20.1. The molecule has 1 atom stereocenters. The van der Waals surface area contributed by atoms with E-state index >= 15 is 0 Å². The molecule has 1 aromatic rings. The number of hydrogen-bond donors (Lipinski definition) is 2. The van der Waals surface area contributed by atoms with Crippen LogP contribution in [-0.2, 0) is 14.9 Å². The van der Waals surface area contributed by atoms with Crippen molar-refractivity contribution < 1.29 is 19.4 Å². The maximum absolute atomic E-state index is 12.9. The summed E-state index contributed by atoms with van der Waals surface area (Å²) < 4.78 is 10.1. The first-order valence-electron chi connectivity index (χ1n) is 11.6. The summed E-state index contributed by atoms with van der Waals surface area (Å²) in [5.74, 6) is -0.517. The second kappa shape index (κ2) is 11.3. The van der Waals surface area contributed by atoms with Gasteiger partial charge >= 0.3 is 0 Å². The first-order chi connectivity index (χ1) is 17.1. The van der Waals surface area contributed by atoms with Gasteiger partial charge in [-0.15, -0.1) is 0 Å². The van der Waals surface area contributed by atoms with Crippen LogP contribution >= 0.6 is 0 Å². The molecule has 3 rings (SSSR count). The van der Waals surface area contributed by atoms with Crippen molar-refractivity contribution in [2.45, 2.75) is 38.7 Å². The molecule has 8 heteroatoms. The van der Waals surface area contributed by atoms with E-state index in [1.807, 2.05) is 44.2 Å². The number of carbonyl (C=O) groups is 1. The Morgan fingerprint density at radius 3 is 2.81 bits per heavy atom. The highest BCUT2D eigenvalue weighted by atomic mass is 16.5. The van der Waals surface area contributed by atoms with E-state index in [4.69, 9.17) is 9.47 Å². The molecule has 0 aromatic carbocycles. The molecule has 2 N–H and O–H groups in total. The van der Waals surface area contributed by atoms with E-state index in [2.05, 4.69) is 21.4 Å². The Hall–Kier alpha value is -3.80. The first-order valence-corrected chi connectivity index (χ1v) is 11.6. The van der Waals surface area contributed by atoms with Crippen LogP contribution in [0.25, 0.3) is 0 Å². The maximum Gasteiger partial charge on any atom is 0.274 e. The van der Waals surface area contributed by atoms with E-state index in [0.717, 1.165) is 22.3 Å². The number of nitrogens with one attached hydrogen (secondary N) is 1. The van der Waals surface area contributed by atoms with Crippen LogP contribution in [0.5, 0.6) is 0 Å². The van der Waals surface area contributed by atoms with Crippen molar-refractivity contribution >= 4 is 12.3 Å². The van der Waals surface area contributed by atoms with Crippen LogP contribution < -0.4 is 5.32 Å². The molecular weight excluding hydrogens is 456 g/mol. The van der Waals surface area contributed by atoms with Gasteiger partial charge in [0.2, 0.25) is 0 Å². The van der Waals surface area contributed by atoms with E-state index in [1.165, 1.54) is 19.7 Å². The van der Waals surface area contributed by atoms with E-state index in [9.17, 15) is 15.2 Å². The number of nitriles is 1. The third kappa shape index (κ3) is 6.25. The molecule has 2 heterocycles. The molecule has 1 saturated heterocycles. The molecule has 1 aliphatic carbocycles. The minimum absolute atomic E-state index is 0.151. The molecule has 1 aliphatic heterocycles. The highest BCUT2D eigenvalue weighted by molar-refractivity contribution is 5.94. The van der Waals surface area contributed by atoms with Gasteiger partial charge in [-0.05, 0) is 68.7 Å². The van der Waals surface area contributed by atoms with Gasteiger partial charge in [0.1, 0.15) is 11.3 Å². The Bertz CT molecular complexity index is 1220. The molecule has 0 radical (unpaired) electrons. The summed E-state index contributed by atoms with van der Waals surface area (Å²) in [4.78, 5) is 21.3. The van der Waals surface area contributed by atoms with Crippen molar-refractivity contribution in [1.82, 2.24) is 10.3 Å². The van der Waals surface area contributed by atoms with Crippen LogP contribution in [0.2, 0.25) is 0 Å². The maximum atomic E-state index is 12.9. The molecule has 0 saturated carbocycles. The average molecular weight is 489 g/mol. The number of methoxy groups -OCH3 is 1. The van der Waals surface area contributed by atoms with Crippen LogP contribution in [0.15, 0.2) is 82.3 Å². The Morgan fingerprint density at radius 2 is 2.17 bits per heavy atom. The molecule has 1 unspecified atom stereocenters. The van der Waals surface area contributed by atoms with Crippen molar-refractivity contribution in [1.29, 1.82) is 5.26 Å². The molecule has 0 spiro atoms. The fourth-order valence-electron chi connectivity index (χ4n) is 3.68. The number of hydrogen-bond acceptors (Lipinski definition) is 7. The van der Waals surface area contributed by atoms with Gasteiger partial charge in [-0.2, -0.15) is 5.26 Å². The molecule has 0 bridgehead atoms. The van der Waals surface area contributed by atoms with E-state index in [0.29, 0.717) is 5.70 Å². The van der Waals surface area contributed by atoms with Crippen LogP contribution in [0, 0.1) is 17.2 Å². The largest absolute Gasteiger partial charge is 0.486 e. The zero-order valence-electron chi connectivity index (χ0n) is 21.3. The fourth-order valence-corrected chi connectivity index (χ4v) is 3.68. The van der Waals surface area contributed by atoms with Crippen LogP contribution in [0.1, 0.15) is 43.7 Å². The monoisotopic (exact) mass is 488 g/mol. The number of aromatic nitrogens is 1. The molecule has 8 nitrogen and oxygen atoms in total. The van der Waals surface area contributed by atoms with E-state index in [-0.39, 0.29) is 30.7 Å². The lowest BCUT2D eigenvalue weighted by Crippen LogP contribution is -2.50. The van der Waals surface area contributed by atoms with Crippen LogP contribution in [-0.4, -0.2) is 48.3 Å². The number of nitrogens with zero attached hydrogens (tertiary/aromatic N) is 3. The topological polar surface area (TPSA) is 117 Å². The lowest BCUT2D eigenvalue weighted by molar-refractivity contribution is -0.154. The molecule has 188 valence electrons. The lowest BCUT2D eigenvalue weighted by Gasteiger charge is -2.37. The number of carbonyl (C=O) groups excluding carboxylic acids is 1. The number of allylic oxidation sites excluding steroid dienone is 7. The molecule has 36 heavy (non-hydrogen) atoms. The van der Waals surface area contributed by atoms with Gasteiger partial charge in [-0.1, -0.05) is 23.8 Å². The minimum atomic E-state index is -0.977. The minimum Gasteiger partial charge on any atom is -0.486 e. The summed E-state index contributed by atoms with van der Waals surface area (Å²) in [7, 11) is 1.52. The van der Waals surface area contributed by atoms with Crippen molar-refractivity contribution in [2.75, 3.05) is 20.3 Å². The Kier molecular flexibility index (Phi) is 8.41. The zero-order valence-corrected chi connectivity index (χ0v) is 21.3. The second-order valence-corrected chi connectivity index (χ2v) is 9.46. The highest BCUT2D eigenvalue weighted by Crippen LogP contribution is 2.31. The summed E-state index contributed by atoms with van der Waals surface area (Å²) >= 11 is 0. The molecular formula is C28H32N4O4. The predicted molar refractivity (Wildman–Crippen MR) is 138 cm³/mol. The van der Waals surface area contributed by atoms with Gasteiger partial charge in [0.05, 0.1) is 31.8 Å². The molecule has 2 aliphatic rings. The summed E-state index contributed by atoms with van der Waals surface area (Å²) in [6.07, 6.45) is 14.0. The third-order valence-electron chi connectivity index (χ3n) is 6.28. The average Bonchev–Trinajstić information content (AvgIpc) is 3.03. The SMILES string of the molecule is COC=N/C=C(\C=C(/C)C1(O)COC1)C1C=CC(NC(=O)c2cc(C(C)(C)C#N)ccn2)=CC=C1C. The van der Waals surface area contributed by atoms with Gasteiger partial charge in [0.25, 0.3) is 5.91 Å². The quantitative estimate of drug-likeness (QED) is 0.326. The van der Waals surface area contributed by atoms with Crippen molar-refractivity contribution in [3.8, 4) is 6.07 Å². The lowest BCUT2D eigenvalue weighted by atomic mass is 9.86. The summed E-state index contributed by atoms with van der Waals surface area (Å²) in [6.45, 7) is 7.97. The summed E-state index contributed by atoms with van der Waals surface area (Å²) in [5.41, 5.74) is 2.49. The number of aliphatic hydroxyl groups is 1. The van der Waals surface area contributed by atoms with Crippen molar-refractivity contribution in [3.63, 3.8) is 0 Å². The standard InChI is InChI=1S/C28H32N4O4/c1-19-6-7-23(32-26(33)25-13-22(10-11-31-25)27(3,4)15-29)8-9-24(19)21(14-30-18-35-5)12-20(2)28(34)16-36-17-28/h6-14,18,24,34H,16-17H2,1-5H3,(H,32,33)/b20-12+,21-14+,30-18?. The smallest absolute Gasteiger partial charge is 0.274 e. The Morgan fingerprint density at radius 1 is 1.42 bits per heavy atom. The van der Waals surface area contributed by atoms with Gasteiger partial charge in [-0.3, -0.25) is 9.78 Å². The summed E-state index contributed by atoms with van der Waals surface area (Å²) in [6, 6.07) is 5.62. The highest BCUT2D eigenvalue weighted by Gasteiger charge is 2.38. The number of pyridine rings is 1. The third-order valence-corrected chi connectivity index (χ3v) is 6.28. The van der Waals surface area contributed by atoms with Gasteiger partial charge < -0.3 is 19.9 Å². The molecule has 1 aromatic heterocycles. The Labute approximate surface area is 212 Å². The Balaban J connectivity index is 1.83. The molecule has 1 amide bonds. The number of aliphatic imine (C=N–C) groups is 1. The van der Waals surface area contributed by atoms with Gasteiger partial charge in [-0.25, -0.2) is 4.99 Å². The van der Waals surface area contributed by atoms with E-state index < -0.39 is 11.0 Å².